The Balaban J connectivity index is 2.50. The van der Waals surface area contributed by atoms with Gasteiger partial charge >= 0.3 is 0 Å². The molecular weight excluding hydrogens is 232 g/mol. The number of hydrogen-bond acceptors (Lipinski definition) is 1. The van der Waals surface area contributed by atoms with E-state index < -0.39 is 0 Å². The second kappa shape index (κ2) is 4.99. The topological polar surface area (TPSA) is 9.23 Å². The number of hydrogen-bond donors (Lipinski definition) is 0. The third-order valence-electron chi connectivity index (χ3n) is 3.91. The van der Waals surface area contributed by atoms with Gasteiger partial charge in [-0.25, -0.2) is 0 Å². The van der Waals surface area contributed by atoms with Crippen molar-refractivity contribution in [2.75, 3.05) is 19.1 Å². The monoisotopic (exact) mass is 252 g/mol. The van der Waals surface area contributed by atoms with Crippen LogP contribution in [0.1, 0.15) is 35.1 Å². The lowest BCUT2D eigenvalue weighted by Crippen LogP contribution is -2.37. The van der Waals surface area contributed by atoms with Crippen molar-refractivity contribution in [2.45, 2.75) is 39.0 Å². The summed E-state index contributed by atoms with van der Waals surface area (Å²) in [5.41, 5.74) is 5.68. The molecule has 1 aromatic rings. The van der Waals surface area contributed by atoms with Crippen LogP contribution in [0.3, 0.4) is 0 Å². The van der Waals surface area contributed by atoms with Crippen molar-refractivity contribution in [3.8, 4) is 0 Å². The number of halogens is 1. The molecule has 2 rings (SSSR count). The molecule has 0 spiro atoms. The Kier molecular flexibility index (Phi) is 3.79. The van der Waals surface area contributed by atoms with Crippen LogP contribution in [0.5, 0.6) is 0 Å². The van der Waals surface area contributed by atoms with E-state index in [1.165, 1.54) is 22.3 Å². The van der Waals surface area contributed by atoms with Crippen LogP contribution in [0.2, 0.25) is 0 Å². The third-order valence-corrected chi connectivity index (χ3v) is 4.42. The Hall–Kier alpha value is -0.530. The zero-order chi connectivity index (χ0) is 12.5. The molecule has 0 saturated carbocycles. The summed E-state index contributed by atoms with van der Waals surface area (Å²) in [5.74, 6) is 0.696. The summed E-state index contributed by atoms with van der Waals surface area (Å²) in [6.45, 7) is 8.23. The zero-order valence-corrected chi connectivity index (χ0v) is 11.7. The van der Waals surface area contributed by atoms with Crippen LogP contribution >= 0.6 is 11.6 Å². The number of alkyl halides is 1. The van der Waals surface area contributed by atoms with Crippen molar-refractivity contribution < 1.29 is 4.74 Å². The first-order chi connectivity index (χ1) is 8.09. The minimum atomic E-state index is 0.127. The zero-order valence-electron chi connectivity index (χ0n) is 11.0. The minimum absolute atomic E-state index is 0.127. The molecule has 0 radical (unpaired) electrons. The van der Waals surface area contributed by atoms with Gasteiger partial charge in [-0.05, 0) is 50.3 Å². The molecule has 0 aromatic heterocycles. The second-order valence-corrected chi connectivity index (χ2v) is 5.57. The average molecular weight is 253 g/mol. The molecule has 0 aliphatic carbocycles. The predicted octanol–water partition coefficient (Wildman–Crippen LogP) is 3.90. The molecular formula is C15H21ClO. The molecule has 0 amide bonds. The molecule has 2 heteroatoms. The normalized spacial score (nSPS) is 19.3. The summed E-state index contributed by atoms with van der Waals surface area (Å²) >= 11 is 6.30. The van der Waals surface area contributed by atoms with Gasteiger partial charge in [-0.1, -0.05) is 17.7 Å². The van der Waals surface area contributed by atoms with Crippen LogP contribution in [0.15, 0.2) is 12.1 Å². The van der Waals surface area contributed by atoms with Gasteiger partial charge in [0.25, 0.3) is 0 Å². The second-order valence-electron chi connectivity index (χ2n) is 5.30. The molecule has 0 unspecified atom stereocenters. The molecule has 94 valence electrons. The van der Waals surface area contributed by atoms with Crippen LogP contribution in [0.25, 0.3) is 0 Å². The third kappa shape index (κ3) is 2.36. The van der Waals surface area contributed by atoms with Gasteiger partial charge < -0.3 is 4.74 Å². The smallest absolute Gasteiger partial charge is 0.0474 e. The SMILES string of the molecule is Cc1cc(C)c(C2(CCl)CCOCC2)c(C)c1. The van der Waals surface area contributed by atoms with Crippen LogP contribution in [-0.4, -0.2) is 19.1 Å². The fraction of sp³-hybridized carbons (Fsp3) is 0.600. The Morgan fingerprint density at radius 2 is 1.65 bits per heavy atom. The first-order valence-corrected chi connectivity index (χ1v) is 6.84. The van der Waals surface area contributed by atoms with Crippen molar-refractivity contribution in [3.05, 3.63) is 34.4 Å². The molecule has 1 aliphatic heterocycles. The van der Waals surface area contributed by atoms with Crippen LogP contribution < -0.4 is 0 Å². The molecule has 1 aliphatic rings. The summed E-state index contributed by atoms with van der Waals surface area (Å²) in [5, 5.41) is 0. The van der Waals surface area contributed by atoms with Gasteiger partial charge in [-0.3, -0.25) is 0 Å². The maximum Gasteiger partial charge on any atom is 0.0474 e. The molecule has 1 fully saturated rings. The van der Waals surface area contributed by atoms with Gasteiger partial charge in [-0.15, -0.1) is 11.6 Å². The summed E-state index contributed by atoms with van der Waals surface area (Å²) in [7, 11) is 0. The standard InChI is InChI=1S/C15H21ClO/c1-11-8-12(2)14(13(3)9-11)15(10-16)4-6-17-7-5-15/h8-9H,4-7,10H2,1-3H3. The highest BCUT2D eigenvalue weighted by molar-refractivity contribution is 6.18. The van der Waals surface area contributed by atoms with E-state index >= 15 is 0 Å². The maximum atomic E-state index is 6.30. The fourth-order valence-electron chi connectivity index (χ4n) is 3.23. The molecule has 1 nitrogen and oxygen atoms in total. The van der Waals surface area contributed by atoms with Gasteiger partial charge in [-0.2, -0.15) is 0 Å². The van der Waals surface area contributed by atoms with E-state index in [0.29, 0.717) is 5.88 Å². The largest absolute Gasteiger partial charge is 0.381 e. The Labute approximate surface area is 109 Å². The van der Waals surface area contributed by atoms with Crippen LogP contribution in [0, 0.1) is 20.8 Å². The minimum Gasteiger partial charge on any atom is -0.381 e. The Morgan fingerprint density at radius 1 is 1.12 bits per heavy atom. The van der Waals surface area contributed by atoms with E-state index in [2.05, 4.69) is 32.9 Å². The van der Waals surface area contributed by atoms with Gasteiger partial charge in [0.15, 0.2) is 0 Å². The van der Waals surface area contributed by atoms with Crippen LogP contribution in [0.4, 0.5) is 0 Å². The average Bonchev–Trinajstić information content (AvgIpc) is 2.28. The Bertz CT molecular complexity index is 382. The predicted molar refractivity (Wildman–Crippen MR) is 73.1 cm³/mol. The first kappa shape index (κ1) is 12.9. The number of ether oxygens (including phenoxy) is 1. The van der Waals surface area contributed by atoms with Crippen molar-refractivity contribution in [1.29, 1.82) is 0 Å². The van der Waals surface area contributed by atoms with E-state index in [4.69, 9.17) is 16.3 Å². The van der Waals surface area contributed by atoms with Crippen LogP contribution in [-0.2, 0) is 10.2 Å². The quantitative estimate of drug-likeness (QED) is 0.726. The molecule has 0 bridgehead atoms. The first-order valence-electron chi connectivity index (χ1n) is 6.31. The molecule has 1 aromatic carbocycles. The van der Waals surface area contributed by atoms with Crippen molar-refractivity contribution in [3.63, 3.8) is 0 Å². The lowest BCUT2D eigenvalue weighted by molar-refractivity contribution is 0.0572. The van der Waals surface area contributed by atoms with E-state index in [-0.39, 0.29) is 5.41 Å². The summed E-state index contributed by atoms with van der Waals surface area (Å²) in [6.07, 6.45) is 2.09. The van der Waals surface area contributed by atoms with Crippen molar-refractivity contribution in [1.82, 2.24) is 0 Å². The maximum absolute atomic E-state index is 6.30. The van der Waals surface area contributed by atoms with Crippen molar-refractivity contribution in [2.24, 2.45) is 0 Å². The highest BCUT2D eigenvalue weighted by Crippen LogP contribution is 2.39. The summed E-state index contributed by atoms with van der Waals surface area (Å²) < 4.78 is 5.49. The molecule has 1 saturated heterocycles. The number of rotatable bonds is 2. The van der Waals surface area contributed by atoms with E-state index in [9.17, 15) is 0 Å². The summed E-state index contributed by atoms with van der Waals surface area (Å²) in [6, 6.07) is 4.54. The molecule has 0 N–H and O–H groups in total. The highest BCUT2D eigenvalue weighted by atomic mass is 35.5. The van der Waals surface area contributed by atoms with E-state index in [0.717, 1.165) is 26.1 Å². The number of aryl methyl sites for hydroxylation is 3. The Morgan fingerprint density at radius 3 is 2.12 bits per heavy atom. The summed E-state index contributed by atoms with van der Waals surface area (Å²) in [4.78, 5) is 0. The van der Waals surface area contributed by atoms with E-state index in [1.54, 1.807) is 0 Å². The van der Waals surface area contributed by atoms with E-state index in [1.807, 2.05) is 0 Å². The molecule has 0 atom stereocenters. The highest BCUT2D eigenvalue weighted by Gasteiger charge is 2.35. The lowest BCUT2D eigenvalue weighted by atomic mass is 9.72. The molecule has 1 heterocycles. The fourth-order valence-corrected chi connectivity index (χ4v) is 3.63. The molecule has 17 heavy (non-hydrogen) atoms. The number of benzene rings is 1. The van der Waals surface area contributed by atoms with Gasteiger partial charge in [0, 0.05) is 24.5 Å². The van der Waals surface area contributed by atoms with Gasteiger partial charge in [0.2, 0.25) is 0 Å². The lowest BCUT2D eigenvalue weighted by Gasteiger charge is -2.38. The van der Waals surface area contributed by atoms with Crippen molar-refractivity contribution >= 4 is 11.6 Å². The van der Waals surface area contributed by atoms with Gasteiger partial charge in [0.05, 0.1) is 0 Å². The van der Waals surface area contributed by atoms with Gasteiger partial charge in [0.1, 0.15) is 0 Å².